The molecule has 0 spiro atoms. The number of carbonyl (C=O) groups excluding carboxylic acids is 3. The molecule has 228 valence electrons. The van der Waals surface area contributed by atoms with E-state index in [1.54, 1.807) is 22.7 Å². The number of hydrogen-bond acceptors (Lipinski definition) is 6. The average Bonchev–Trinajstić information content (AvgIpc) is 3.74. The van der Waals surface area contributed by atoms with Gasteiger partial charge in [0, 0.05) is 44.7 Å². The molecule has 3 heterocycles. The molecule has 2 fully saturated rings. The van der Waals surface area contributed by atoms with Crippen molar-refractivity contribution in [3.8, 4) is 0 Å². The molecule has 2 aliphatic rings. The van der Waals surface area contributed by atoms with Crippen molar-refractivity contribution in [1.29, 1.82) is 0 Å². The summed E-state index contributed by atoms with van der Waals surface area (Å²) in [5.41, 5.74) is 3.39. The minimum atomic E-state index is -1.36. The fraction of sp³-hybridized carbons (Fsp3) is 0.467. The summed E-state index contributed by atoms with van der Waals surface area (Å²) in [5.74, 6) is -0.988. The first-order valence-corrected chi connectivity index (χ1v) is 14.9. The van der Waals surface area contributed by atoms with E-state index in [0.29, 0.717) is 36.5 Å². The monoisotopic (exact) mass is 609 g/mol. The smallest absolute Gasteiger partial charge is 0.405 e. The molecule has 2 aromatic carbocycles. The fourth-order valence-corrected chi connectivity index (χ4v) is 6.28. The Labute approximate surface area is 254 Å². The van der Waals surface area contributed by atoms with Gasteiger partial charge in [-0.05, 0) is 73.4 Å². The molecule has 0 bridgehead atoms. The largest absolute Gasteiger partial charge is 0.465 e. The van der Waals surface area contributed by atoms with Crippen LogP contribution < -0.4 is 10.6 Å². The summed E-state index contributed by atoms with van der Waals surface area (Å²) in [6.07, 6.45) is 1.57. The maximum Gasteiger partial charge on any atom is 0.405 e. The van der Waals surface area contributed by atoms with Crippen LogP contribution in [0.2, 0.25) is 5.02 Å². The van der Waals surface area contributed by atoms with Gasteiger partial charge < -0.3 is 25.5 Å². The first-order valence-electron chi connectivity index (χ1n) is 14.6. The third-order valence-corrected chi connectivity index (χ3v) is 8.47. The molecule has 0 aliphatic carbocycles. The summed E-state index contributed by atoms with van der Waals surface area (Å²) in [5, 5.41) is 23.5. The van der Waals surface area contributed by atoms with Gasteiger partial charge >= 0.3 is 6.09 Å². The zero-order chi connectivity index (χ0) is 30.5. The Hall–Kier alpha value is -4.19. The molecule has 4 amide bonds. The SMILES string of the molecule is Cn1nnc2cc(CNC(=O)[C@@H]3C[C@H](Cc4cccc(Cl)c4)CN3C(=O)[C@@H](CCC(=O)N3CCCC3)NC(=O)O)ccc21. The van der Waals surface area contributed by atoms with Crippen LogP contribution in [-0.2, 0) is 34.4 Å². The number of halogens is 1. The van der Waals surface area contributed by atoms with Gasteiger partial charge in [-0.1, -0.05) is 35.0 Å². The fourth-order valence-electron chi connectivity index (χ4n) is 6.06. The Kier molecular flexibility index (Phi) is 9.44. The van der Waals surface area contributed by atoms with Crippen LogP contribution in [0.3, 0.4) is 0 Å². The number of nitrogens with one attached hydrogen (secondary N) is 2. The molecular formula is C30H36ClN7O5. The van der Waals surface area contributed by atoms with E-state index in [1.807, 2.05) is 36.4 Å². The van der Waals surface area contributed by atoms with Crippen molar-refractivity contribution < 1.29 is 24.3 Å². The predicted molar refractivity (Wildman–Crippen MR) is 159 cm³/mol. The zero-order valence-corrected chi connectivity index (χ0v) is 24.8. The van der Waals surface area contributed by atoms with Crippen molar-refractivity contribution in [2.24, 2.45) is 13.0 Å². The second-order valence-corrected chi connectivity index (χ2v) is 11.8. The van der Waals surface area contributed by atoms with E-state index in [0.717, 1.165) is 29.5 Å². The molecule has 2 saturated heterocycles. The van der Waals surface area contributed by atoms with E-state index in [4.69, 9.17) is 11.6 Å². The molecule has 12 nitrogen and oxygen atoms in total. The van der Waals surface area contributed by atoms with Gasteiger partial charge in [0.2, 0.25) is 17.7 Å². The van der Waals surface area contributed by atoms with E-state index in [9.17, 15) is 24.3 Å². The third-order valence-electron chi connectivity index (χ3n) is 8.23. The molecule has 0 unspecified atom stereocenters. The normalized spacial score (nSPS) is 19.0. The van der Waals surface area contributed by atoms with E-state index in [-0.39, 0.29) is 43.7 Å². The van der Waals surface area contributed by atoms with Crippen LogP contribution in [0.1, 0.15) is 43.2 Å². The topological polar surface area (TPSA) is 150 Å². The van der Waals surface area contributed by atoms with Gasteiger partial charge in [-0.2, -0.15) is 0 Å². The molecule has 3 N–H and O–H groups in total. The minimum absolute atomic E-state index is 0.0163. The van der Waals surface area contributed by atoms with Crippen LogP contribution in [0.25, 0.3) is 11.0 Å². The van der Waals surface area contributed by atoms with Crippen molar-refractivity contribution in [2.75, 3.05) is 19.6 Å². The lowest BCUT2D eigenvalue weighted by Gasteiger charge is -2.28. The molecule has 2 aliphatic heterocycles. The summed E-state index contributed by atoms with van der Waals surface area (Å²) >= 11 is 6.19. The highest BCUT2D eigenvalue weighted by Crippen LogP contribution is 2.29. The number of carboxylic acid groups (broad SMARTS) is 1. The van der Waals surface area contributed by atoms with E-state index < -0.39 is 24.1 Å². The number of hydrogen-bond donors (Lipinski definition) is 3. The van der Waals surface area contributed by atoms with Crippen molar-refractivity contribution in [1.82, 2.24) is 35.4 Å². The first-order chi connectivity index (χ1) is 20.7. The highest BCUT2D eigenvalue weighted by molar-refractivity contribution is 6.30. The summed E-state index contributed by atoms with van der Waals surface area (Å²) in [6, 6.07) is 11.1. The molecule has 5 rings (SSSR count). The molecule has 0 radical (unpaired) electrons. The summed E-state index contributed by atoms with van der Waals surface area (Å²) in [6.45, 7) is 1.84. The van der Waals surface area contributed by atoms with Crippen LogP contribution >= 0.6 is 11.6 Å². The predicted octanol–water partition coefficient (Wildman–Crippen LogP) is 2.74. The molecule has 13 heteroatoms. The van der Waals surface area contributed by atoms with Crippen LogP contribution in [0.5, 0.6) is 0 Å². The van der Waals surface area contributed by atoms with Gasteiger partial charge in [0.15, 0.2) is 0 Å². The number of fused-ring (bicyclic) bond motifs is 1. The number of nitrogens with zero attached hydrogens (tertiary/aromatic N) is 5. The molecule has 3 aromatic rings. The highest BCUT2D eigenvalue weighted by Gasteiger charge is 2.42. The second kappa shape index (κ2) is 13.4. The highest BCUT2D eigenvalue weighted by atomic mass is 35.5. The number of aromatic nitrogens is 3. The maximum absolute atomic E-state index is 13.9. The summed E-state index contributed by atoms with van der Waals surface area (Å²) < 4.78 is 1.67. The Balaban J connectivity index is 1.31. The Bertz CT molecular complexity index is 1510. The lowest BCUT2D eigenvalue weighted by atomic mass is 9.96. The van der Waals surface area contributed by atoms with E-state index in [2.05, 4.69) is 20.9 Å². The van der Waals surface area contributed by atoms with Gasteiger partial charge in [0.1, 0.15) is 17.6 Å². The van der Waals surface area contributed by atoms with Crippen LogP contribution in [0.4, 0.5) is 4.79 Å². The lowest BCUT2D eigenvalue weighted by Crippen LogP contribution is -2.53. The average molecular weight is 610 g/mol. The van der Waals surface area contributed by atoms with Crippen molar-refractivity contribution in [3.05, 3.63) is 58.6 Å². The molecule has 43 heavy (non-hydrogen) atoms. The van der Waals surface area contributed by atoms with E-state index in [1.165, 1.54) is 4.90 Å². The summed E-state index contributed by atoms with van der Waals surface area (Å²) in [4.78, 5) is 55.0. The Morgan fingerprint density at radius 1 is 1.09 bits per heavy atom. The maximum atomic E-state index is 13.9. The van der Waals surface area contributed by atoms with Crippen LogP contribution in [0, 0.1) is 5.92 Å². The summed E-state index contributed by atoms with van der Waals surface area (Å²) in [7, 11) is 1.80. The van der Waals surface area contributed by atoms with Crippen molar-refractivity contribution >= 4 is 46.4 Å². The number of carbonyl (C=O) groups is 4. The lowest BCUT2D eigenvalue weighted by molar-refractivity contribution is -0.140. The quantitative estimate of drug-likeness (QED) is 0.320. The van der Waals surface area contributed by atoms with Gasteiger partial charge in [-0.15, -0.1) is 5.10 Å². The van der Waals surface area contributed by atoms with E-state index >= 15 is 0 Å². The number of aryl methyl sites for hydroxylation is 1. The van der Waals surface area contributed by atoms with Crippen LogP contribution in [-0.4, -0.2) is 85.4 Å². The van der Waals surface area contributed by atoms with Gasteiger partial charge in [0.05, 0.1) is 5.52 Å². The Morgan fingerprint density at radius 2 is 1.88 bits per heavy atom. The number of rotatable bonds is 10. The second-order valence-electron chi connectivity index (χ2n) is 11.3. The minimum Gasteiger partial charge on any atom is -0.465 e. The number of likely N-dealkylation sites (tertiary alicyclic amines) is 2. The molecule has 3 atom stereocenters. The van der Waals surface area contributed by atoms with Crippen molar-refractivity contribution in [3.63, 3.8) is 0 Å². The van der Waals surface area contributed by atoms with Gasteiger partial charge in [0.25, 0.3) is 0 Å². The zero-order valence-electron chi connectivity index (χ0n) is 24.0. The van der Waals surface area contributed by atoms with Crippen molar-refractivity contribution in [2.45, 2.75) is 57.2 Å². The number of amides is 4. The molecule has 1 aromatic heterocycles. The van der Waals surface area contributed by atoms with Gasteiger partial charge in [-0.25, -0.2) is 9.48 Å². The first kappa shape index (κ1) is 30.3. The van der Waals surface area contributed by atoms with Gasteiger partial charge in [-0.3, -0.25) is 14.4 Å². The van der Waals surface area contributed by atoms with Crippen LogP contribution in [0.15, 0.2) is 42.5 Å². The molecular weight excluding hydrogens is 574 g/mol. The Morgan fingerprint density at radius 3 is 2.63 bits per heavy atom. The third kappa shape index (κ3) is 7.42. The number of benzene rings is 2. The molecule has 0 saturated carbocycles. The standard InChI is InChI=1S/C30H36ClN7O5/c1-36-25-9-7-20(15-24(25)34-35-36)17-32-28(40)26-16-21(13-19-5-4-6-22(31)14-19)18-38(26)29(41)23(33-30(42)43)8-10-27(39)37-11-2-3-12-37/h4-7,9,14-15,21,23,26,33H,2-3,8,10-13,16-18H2,1H3,(H,32,40)(H,42,43)/t21-,23+,26-/m0/s1.